The maximum absolute atomic E-state index is 6.25. The maximum atomic E-state index is 6.25. The normalized spacial score (nSPS) is 14.5. The van der Waals surface area contributed by atoms with Gasteiger partial charge in [-0.2, -0.15) is 4.98 Å². The zero-order valence-electron chi connectivity index (χ0n) is 16.3. The van der Waals surface area contributed by atoms with Crippen LogP contribution in [0, 0.1) is 0 Å². The number of nitrogens with one attached hydrogen (secondary N) is 1. The minimum atomic E-state index is -0.572. The summed E-state index contributed by atoms with van der Waals surface area (Å²) >= 11 is 4.96. The lowest BCUT2D eigenvalue weighted by molar-refractivity contribution is 0.196. The third-order valence-electron chi connectivity index (χ3n) is 4.66. The molecule has 0 saturated heterocycles. The Hall–Kier alpha value is -3.10. The highest BCUT2D eigenvalue weighted by molar-refractivity contribution is 9.10. The van der Waals surface area contributed by atoms with Crippen molar-refractivity contribution >= 4 is 33.4 Å². The van der Waals surface area contributed by atoms with Crippen LogP contribution in [0.25, 0.3) is 22.6 Å². The van der Waals surface area contributed by atoms with E-state index in [1.165, 1.54) is 11.8 Å². The number of benzene rings is 2. The lowest BCUT2D eigenvalue weighted by Gasteiger charge is -2.16. The fourth-order valence-electron chi connectivity index (χ4n) is 3.26. The van der Waals surface area contributed by atoms with Crippen molar-refractivity contribution in [1.29, 1.82) is 0 Å². The number of anilines is 1. The zero-order valence-corrected chi connectivity index (χ0v) is 18.7. The van der Waals surface area contributed by atoms with Crippen LogP contribution in [0.5, 0.6) is 5.88 Å². The molecule has 2 aromatic heterocycles. The molecule has 0 aliphatic carbocycles. The molecule has 2 aromatic carbocycles. The molecule has 8 heteroatoms. The summed E-state index contributed by atoms with van der Waals surface area (Å²) in [5.74, 6) is 2.48. The molecule has 0 spiro atoms. The number of halogens is 1. The molecule has 5 rings (SSSR count). The van der Waals surface area contributed by atoms with Crippen LogP contribution in [0.4, 0.5) is 5.69 Å². The second-order valence-corrected chi connectivity index (χ2v) is 8.65. The third kappa shape index (κ3) is 4.08. The van der Waals surface area contributed by atoms with Gasteiger partial charge in [-0.1, -0.05) is 64.1 Å². The number of hydrogen-bond acceptors (Lipinski definition) is 7. The van der Waals surface area contributed by atoms with E-state index in [0.717, 1.165) is 27.0 Å². The first kappa shape index (κ1) is 19.8. The number of ether oxygens (including phenoxy) is 1. The Kier molecular flexibility index (Phi) is 5.48. The van der Waals surface area contributed by atoms with E-state index < -0.39 is 6.23 Å². The number of fused-ring (bicyclic) bond motifs is 3. The van der Waals surface area contributed by atoms with Crippen molar-refractivity contribution in [3.63, 3.8) is 0 Å². The monoisotopic (exact) mass is 492 g/mol. The summed E-state index contributed by atoms with van der Waals surface area (Å²) in [6, 6.07) is 19.6. The molecule has 6 nitrogen and oxygen atoms in total. The highest BCUT2D eigenvalue weighted by atomic mass is 79.9. The van der Waals surface area contributed by atoms with Crippen molar-refractivity contribution in [3.05, 3.63) is 83.6 Å². The predicted molar refractivity (Wildman–Crippen MR) is 125 cm³/mol. The standard InChI is InChI=1S/C23H17BrN4O2S/c1-2-12-31-23-26-22-20(27-28-23)16-8-3-4-9-17(16)25-21(30-22)19-11-10-18(29-19)14-6-5-7-15(24)13-14/h2-11,13,21,25H,1,12H2. The first-order chi connectivity index (χ1) is 15.2. The largest absolute Gasteiger partial charge is 0.455 e. The van der Waals surface area contributed by atoms with Crippen LogP contribution in [0.2, 0.25) is 0 Å². The predicted octanol–water partition coefficient (Wildman–Crippen LogP) is 6.34. The molecule has 0 fully saturated rings. The number of furan rings is 1. The smallest absolute Gasteiger partial charge is 0.247 e. The number of nitrogens with zero attached hydrogens (tertiary/aromatic N) is 3. The van der Waals surface area contributed by atoms with Crippen LogP contribution in [0.15, 0.2) is 87.4 Å². The van der Waals surface area contributed by atoms with Gasteiger partial charge in [0.1, 0.15) is 5.76 Å². The molecule has 1 unspecified atom stereocenters. The summed E-state index contributed by atoms with van der Waals surface area (Å²) in [5, 5.41) is 12.6. The van der Waals surface area contributed by atoms with E-state index >= 15 is 0 Å². The van der Waals surface area contributed by atoms with Crippen LogP contribution in [-0.4, -0.2) is 20.9 Å². The molecule has 0 bridgehead atoms. The number of hydrogen-bond donors (Lipinski definition) is 1. The molecule has 0 saturated carbocycles. The summed E-state index contributed by atoms with van der Waals surface area (Å²) in [6.45, 7) is 3.74. The van der Waals surface area contributed by atoms with Crippen LogP contribution >= 0.6 is 27.7 Å². The van der Waals surface area contributed by atoms with E-state index in [-0.39, 0.29) is 0 Å². The van der Waals surface area contributed by atoms with Crippen molar-refractivity contribution in [2.24, 2.45) is 0 Å². The molecule has 1 aliphatic heterocycles. The van der Waals surface area contributed by atoms with Crippen LogP contribution < -0.4 is 10.1 Å². The Morgan fingerprint density at radius 3 is 2.87 bits per heavy atom. The maximum Gasteiger partial charge on any atom is 0.247 e. The first-order valence-corrected chi connectivity index (χ1v) is 11.4. The van der Waals surface area contributed by atoms with Gasteiger partial charge in [-0.25, -0.2) is 0 Å². The molecule has 1 aliphatic rings. The quantitative estimate of drug-likeness (QED) is 0.257. The Bertz CT molecular complexity index is 1260. The van der Waals surface area contributed by atoms with E-state index in [1.807, 2.05) is 60.7 Å². The van der Waals surface area contributed by atoms with E-state index in [4.69, 9.17) is 9.15 Å². The Morgan fingerprint density at radius 2 is 2.00 bits per heavy atom. The molecule has 154 valence electrons. The van der Waals surface area contributed by atoms with Crippen molar-refractivity contribution in [2.75, 3.05) is 11.1 Å². The average Bonchev–Trinajstić information content (AvgIpc) is 3.22. The van der Waals surface area contributed by atoms with E-state index in [9.17, 15) is 0 Å². The van der Waals surface area contributed by atoms with Crippen LogP contribution in [0.1, 0.15) is 12.0 Å². The van der Waals surface area contributed by atoms with E-state index in [2.05, 4.69) is 43.0 Å². The van der Waals surface area contributed by atoms with Crippen molar-refractivity contribution in [3.8, 4) is 28.5 Å². The summed E-state index contributed by atoms with van der Waals surface area (Å²) in [6.07, 6.45) is 1.23. The highest BCUT2D eigenvalue weighted by Crippen LogP contribution is 2.40. The van der Waals surface area contributed by atoms with Crippen LogP contribution in [0.3, 0.4) is 0 Å². The minimum Gasteiger partial charge on any atom is -0.455 e. The lowest BCUT2D eigenvalue weighted by Crippen LogP contribution is -2.16. The summed E-state index contributed by atoms with van der Waals surface area (Å²) < 4.78 is 13.4. The van der Waals surface area contributed by atoms with Gasteiger partial charge < -0.3 is 14.5 Å². The third-order valence-corrected chi connectivity index (χ3v) is 5.98. The first-order valence-electron chi connectivity index (χ1n) is 9.58. The molecule has 0 radical (unpaired) electrons. The van der Waals surface area contributed by atoms with Gasteiger partial charge in [0, 0.05) is 27.0 Å². The van der Waals surface area contributed by atoms with Gasteiger partial charge in [-0.3, -0.25) is 0 Å². The number of thioether (sulfide) groups is 1. The molecule has 1 atom stereocenters. The SMILES string of the molecule is C=CCSc1nnc2c(n1)OC(c1ccc(-c3cccc(Br)c3)o1)Nc1ccccc1-2. The average molecular weight is 493 g/mol. The topological polar surface area (TPSA) is 73.1 Å². The number of rotatable bonds is 5. The molecule has 31 heavy (non-hydrogen) atoms. The molecule has 4 aromatic rings. The molecule has 3 heterocycles. The van der Waals surface area contributed by atoms with Gasteiger partial charge in [0.2, 0.25) is 17.3 Å². The second-order valence-electron chi connectivity index (χ2n) is 6.75. The molecular weight excluding hydrogens is 476 g/mol. The van der Waals surface area contributed by atoms with Crippen LogP contribution in [-0.2, 0) is 0 Å². The van der Waals surface area contributed by atoms with Gasteiger partial charge in [-0.15, -0.1) is 16.8 Å². The van der Waals surface area contributed by atoms with E-state index in [0.29, 0.717) is 28.2 Å². The van der Waals surface area contributed by atoms with Gasteiger partial charge in [0.15, 0.2) is 11.5 Å². The Morgan fingerprint density at radius 1 is 1.10 bits per heavy atom. The summed E-state index contributed by atoms with van der Waals surface area (Å²) in [5.41, 5.74) is 3.31. The second kappa shape index (κ2) is 8.56. The number of para-hydroxylation sites is 1. The van der Waals surface area contributed by atoms with E-state index in [1.54, 1.807) is 6.08 Å². The number of aromatic nitrogens is 3. The van der Waals surface area contributed by atoms with Crippen molar-refractivity contribution in [2.45, 2.75) is 11.4 Å². The van der Waals surface area contributed by atoms with Crippen molar-refractivity contribution in [1.82, 2.24) is 15.2 Å². The van der Waals surface area contributed by atoms with Gasteiger partial charge in [0.25, 0.3) is 0 Å². The highest BCUT2D eigenvalue weighted by Gasteiger charge is 2.28. The Labute approximate surface area is 191 Å². The summed E-state index contributed by atoms with van der Waals surface area (Å²) in [4.78, 5) is 4.59. The molecular formula is C23H17BrN4O2S. The van der Waals surface area contributed by atoms with Gasteiger partial charge in [-0.05, 0) is 30.3 Å². The fraction of sp³-hybridized carbons (Fsp3) is 0.0870. The fourth-order valence-corrected chi connectivity index (χ4v) is 4.17. The van der Waals surface area contributed by atoms with Crippen molar-refractivity contribution < 1.29 is 9.15 Å². The molecule has 1 N–H and O–H groups in total. The van der Waals surface area contributed by atoms with Gasteiger partial charge >= 0.3 is 0 Å². The van der Waals surface area contributed by atoms with Gasteiger partial charge in [0.05, 0.1) is 0 Å². The minimum absolute atomic E-state index is 0.407. The summed E-state index contributed by atoms with van der Waals surface area (Å²) in [7, 11) is 0. The lowest BCUT2D eigenvalue weighted by atomic mass is 10.1. The zero-order chi connectivity index (χ0) is 21.2. The Balaban J connectivity index is 1.54. The molecule has 0 amide bonds.